The van der Waals surface area contributed by atoms with Gasteiger partial charge in [0.1, 0.15) is 5.56 Å². The van der Waals surface area contributed by atoms with E-state index in [9.17, 15) is 4.79 Å². The molecule has 29 heavy (non-hydrogen) atoms. The van der Waals surface area contributed by atoms with Crippen molar-refractivity contribution in [3.8, 4) is 11.1 Å². The molecule has 4 aliphatic carbocycles. The Bertz CT molecular complexity index is 1060. The lowest BCUT2D eigenvalue weighted by molar-refractivity contribution is -0.0635. The van der Waals surface area contributed by atoms with Gasteiger partial charge in [0, 0.05) is 42.5 Å². The summed E-state index contributed by atoms with van der Waals surface area (Å²) in [6.07, 6.45) is 17.9. The summed E-state index contributed by atoms with van der Waals surface area (Å²) in [6, 6.07) is 1.95. The van der Waals surface area contributed by atoms with E-state index < -0.39 is 0 Å². The second kappa shape index (κ2) is 6.18. The van der Waals surface area contributed by atoms with Crippen LogP contribution in [0.5, 0.6) is 0 Å². The summed E-state index contributed by atoms with van der Waals surface area (Å²) in [5.74, 6) is 2.44. The molecular weight excluding hydrogens is 364 g/mol. The van der Waals surface area contributed by atoms with Crippen LogP contribution in [-0.4, -0.2) is 32.2 Å². The summed E-state index contributed by atoms with van der Waals surface area (Å²) in [6.45, 7) is 0.996. The molecule has 4 aliphatic rings. The molecule has 0 amide bonds. The van der Waals surface area contributed by atoms with Gasteiger partial charge in [0.25, 0.3) is 0 Å². The number of nitrogens with zero attached hydrogens (tertiary/aromatic N) is 4. The van der Waals surface area contributed by atoms with E-state index in [1.807, 2.05) is 29.1 Å². The predicted molar refractivity (Wildman–Crippen MR) is 108 cm³/mol. The number of rotatable bonds is 4. The van der Waals surface area contributed by atoms with E-state index in [4.69, 9.17) is 9.84 Å². The Morgan fingerprint density at radius 1 is 1.17 bits per heavy atom. The molecule has 3 heterocycles. The normalized spacial score (nSPS) is 30.2. The molecule has 4 fully saturated rings. The third kappa shape index (κ3) is 2.72. The Hall–Kier alpha value is -2.63. The van der Waals surface area contributed by atoms with Crippen molar-refractivity contribution in [2.75, 3.05) is 7.11 Å². The minimum Gasteiger partial charge on any atom is -0.465 e. The second-order valence-corrected chi connectivity index (χ2v) is 9.60. The van der Waals surface area contributed by atoms with Crippen LogP contribution >= 0.6 is 0 Å². The number of esters is 1. The van der Waals surface area contributed by atoms with Crippen LogP contribution in [0.15, 0.2) is 37.1 Å². The highest BCUT2D eigenvalue weighted by Gasteiger charge is 2.51. The van der Waals surface area contributed by atoms with Crippen LogP contribution in [0.3, 0.4) is 0 Å². The molecule has 4 saturated carbocycles. The molecule has 6 heteroatoms. The molecule has 0 atom stereocenters. The van der Waals surface area contributed by atoms with Gasteiger partial charge in [0.2, 0.25) is 0 Å². The Kier molecular flexibility index (Phi) is 3.68. The van der Waals surface area contributed by atoms with Gasteiger partial charge in [-0.05, 0) is 67.8 Å². The van der Waals surface area contributed by atoms with Crippen molar-refractivity contribution in [2.24, 2.45) is 23.2 Å². The van der Waals surface area contributed by atoms with Crippen molar-refractivity contribution in [3.05, 3.63) is 42.6 Å². The molecule has 4 bridgehead atoms. The molecule has 0 saturated heterocycles. The van der Waals surface area contributed by atoms with E-state index in [1.54, 1.807) is 6.20 Å². The van der Waals surface area contributed by atoms with Crippen LogP contribution < -0.4 is 0 Å². The van der Waals surface area contributed by atoms with E-state index in [-0.39, 0.29) is 5.97 Å². The van der Waals surface area contributed by atoms with Crippen LogP contribution in [0.4, 0.5) is 0 Å². The number of aromatic nitrogens is 4. The topological polar surface area (TPSA) is 61.4 Å². The molecular formula is C23H26N4O2. The number of methoxy groups -OCH3 is 1. The molecule has 3 aromatic rings. The zero-order chi connectivity index (χ0) is 19.6. The van der Waals surface area contributed by atoms with Gasteiger partial charge in [-0.25, -0.2) is 9.78 Å². The number of carbonyl (C=O) groups excluding carboxylic acids is 1. The Balaban J connectivity index is 1.34. The molecule has 0 N–H and O–H groups in total. The summed E-state index contributed by atoms with van der Waals surface area (Å²) < 4.78 is 9.01. The molecule has 0 unspecified atom stereocenters. The minimum atomic E-state index is -0.370. The number of imidazole rings is 1. The Morgan fingerprint density at radius 2 is 1.90 bits per heavy atom. The maximum Gasteiger partial charge on any atom is 0.342 e. The SMILES string of the molecule is COC(=O)c1c(-c2cnn(CC34CC5CC(CC(C5)C3)C4)c2)ccn2ccnc12. The minimum absolute atomic E-state index is 0.370. The highest BCUT2D eigenvalue weighted by molar-refractivity contribution is 6.02. The summed E-state index contributed by atoms with van der Waals surface area (Å²) in [7, 11) is 1.41. The van der Waals surface area contributed by atoms with E-state index in [1.165, 1.54) is 45.6 Å². The van der Waals surface area contributed by atoms with Crippen LogP contribution in [0.1, 0.15) is 48.9 Å². The molecule has 0 aliphatic heterocycles. The summed E-state index contributed by atoms with van der Waals surface area (Å²) in [5, 5.41) is 4.70. The second-order valence-electron chi connectivity index (χ2n) is 9.60. The summed E-state index contributed by atoms with van der Waals surface area (Å²) in [4.78, 5) is 16.9. The summed E-state index contributed by atoms with van der Waals surface area (Å²) >= 11 is 0. The van der Waals surface area contributed by atoms with Gasteiger partial charge in [0.15, 0.2) is 5.65 Å². The van der Waals surface area contributed by atoms with Gasteiger partial charge in [-0.15, -0.1) is 0 Å². The number of fused-ring (bicyclic) bond motifs is 1. The first-order valence-corrected chi connectivity index (χ1v) is 10.7. The van der Waals surface area contributed by atoms with Crippen molar-refractivity contribution in [1.29, 1.82) is 0 Å². The average Bonchev–Trinajstić information content (AvgIpc) is 3.34. The van der Waals surface area contributed by atoms with E-state index in [2.05, 4.69) is 15.9 Å². The number of hydrogen-bond acceptors (Lipinski definition) is 4. The first-order valence-electron chi connectivity index (χ1n) is 10.7. The maximum absolute atomic E-state index is 12.5. The lowest BCUT2D eigenvalue weighted by Gasteiger charge is -2.56. The van der Waals surface area contributed by atoms with Crippen molar-refractivity contribution in [1.82, 2.24) is 19.2 Å². The zero-order valence-corrected chi connectivity index (χ0v) is 16.8. The van der Waals surface area contributed by atoms with Gasteiger partial charge >= 0.3 is 5.97 Å². The van der Waals surface area contributed by atoms with Gasteiger partial charge in [-0.2, -0.15) is 5.10 Å². The molecule has 0 aromatic carbocycles. The highest BCUT2D eigenvalue weighted by Crippen LogP contribution is 2.60. The van der Waals surface area contributed by atoms with Gasteiger partial charge in [-0.3, -0.25) is 4.68 Å². The quantitative estimate of drug-likeness (QED) is 0.627. The first-order chi connectivity index (χ1) is 14.1. The fourth-order valence-electron chi connectivity index (χ4n) is 6.95. The molecule has 3 aromatic heterocycles. The van der Waals surface area contributed by atoms with Gasteiger partial charge < -0.3 is 9.14 Å². The Morgan fingerprint density at radius 3 is 2.59 bits per heavy atom. The fraction of sp³-hybridized carbons (Fsp3) is 0.522. The van der Waals surface area contributed by atoms with E-state index >= 15 is 0 Å². The largest absolute Gasteiger partial charge is 0.465 e. The number of hydrogen-bond donors (Lipinski definition) is 0. The van der Waals surface area contributed by atoms with Crippen LogP contribution in [0.2, 0.25) is 0 Å². The lowest BCUT2D eigenvalue weighted by atomic mass is 9.49. The van der Waals surface area contributed by atoms with Crippen LogP contribution in [0, 0.1) is 23.2 Å². The third-order valence-corrected chi connectivity index (χ3v) is 7.56. The zero-order valence-electron chi connectivity index (χ0n) is 16.8. The fourth-order valence-corrected chi connectivity index (χ4v) is 6.95. The van der Waals surface area contributed by atoms with Crippen molar-refractivity contribution in [3.63, 3.8) is 0 Å². The lowest BCUT2D eigenvalue weighted by Crippen LogP contribution is -2.47. The number of pyridine rings is 1. The monoisotopic (exact) mass is 390 g/mol. The standard InChI is InChI=1S/C23H26N4O2/c1-29-22(28)20-19(2-4-26-5-3-24-21(20)26)18-12-25-27(13-18)14-23-9-15-6-16(10-23)8-17(7-15)11-23/h2-5,12-13,15-17H,6-11,14H2,1H3. The molecule has 150 valence electrons. The van der Waals surface area contributed by atoms with E-state index in [0.717, 1.165) is 35.4 Å². The molecule has 0 radical (unpaired) electrons. The molecule has 0 spiro atoms. The Labute approximate surface area is 169 Å². The smallest absolute Gasteiger partial charge is 0.342 e. The van der Waals surface area contributed by atoms with Crippen molar-refractivity contribution >= 4 is 11.6 Å². The van der Waals surface area contributed by atoms with Crippen LogP contribution in [0.25, 0.3) is 16.8 Å². The maximum atomic E-state index is 12.5. The van der Waals surface area contributed by atoms with Crippen LogP contribution in [-0.2, 0) is 11.3 Å². The number of carbonyl (C=O) groups is 1. The molecule has 6 nitrogen and oxygen atoms in total. The van der Waals surface area contributed by atoms with E-state index in [0.29, 0.717) is 16.6 Å². The highest BCUT2D eigenvalue weighted by atomic mass is 16.5. The number of ether oxygens (including phenoxy) is 1. The van der Waals surface area contributed by atoms with Gasteiger partial charge in [-0.1, -0.05) is 0 Å². The summed E-state index contributed by atoms with van der Waals surface area (Å²) in [5.41, 5.74) is 3.31. The molecule has 7 rings (SSSR count). The predicted octanol–water partition coefficient (Wildman–Crippen LogP) is 4.20. The van der Waals surface area contributed by atoms with Gasteiger partial charge in [0.05, 0.1) is 13.3 Å². The first kappa shape index (κ1) is 17.2. The van der Waals surface area contributed by atoms with Crippen molar-refractivity contribution < 1.29 is 9.53 Å². The average molecular weight is 390 g/mol. The third-order valence-electron chi connectivity index (χ3n) is 7.56. The van der Waals surface area contributed by atoms with Crippen molar-refractivity contribution in [2.45, 2.75) is 45.1 Å².